The van der Waals surface area contributed by atoms with Gasteiger partial charge >= 0.3 is 0 Å². The summed E-state index contributed by atoms with van der Waals surface area (Å²) in [5.41, 5.74) is 6.10. The molecule has 0 aliphatic rings. The van der Waals surface area contributed by atoms with Crippen molar-refractivity contribution in [2.75, 3.05) is 0 Å². The van der Waals surface area contributed by atoms with Gasteiger partial charge in [0.2, 0.25) is 0 Å². The van der Waals surface area contributed by atoms with Crippen molar-refractivity contribution in [2.45, 2.75) is 45.8 Å². The topological polar surface area (TPSA) is 64.3 Å². The zero-order valence-electron chi connectivity index (χ0n) is 12.2. The number of rotatable bonds is 7. The lowest BCUT2D eigenvalue weighted by molar-refractivity contribution is 0.0936. The number of carbonyl (C=O) groups excluding carboxylic acids is 1. The second kappa shape index (κ2) is 7.85. The molecule has 0 aromatic heterocycles. The van der Waals surface area contributed by atoms with E-state index in [0.717, 1.165) is 6.42 Å². The number of nitrogens with one attached hydrogen (secondary N) is 1. The molecule has 1 unspecified atom stereocenters. The number of hydrogen-bond acceptors (Lipinski definition) is 3. The van der Waals surface area contributed by atoms with Crippen molar-refractivity contribution >= 4 is 23.1 Å². The Morgan fingerprint density at radius 2 is 2.15 bits per heavy atom. The van der Waals surface area contributed by atoms with Gasteiger partial charge in [-0.05, 0) is 38.5 Å². The highest BCUT2D eigenvalue weighted by molar-refractivity contribution is 7.80. The van der Waals surface area contributed by atoms with E-state index in [1.807, 2.05) is 26.8 Å². The summed E-state index contributed by atoms with van der Waals surface area (Å²) in [6.07, 6.45) is 1.37. The molecule has 0 spiro atoms. The summed E-state index contributed by atoms with van der Waals surface area (Å²) in [4.78, 5) is 12.6. The molecular formula is C15H22N2O2S. The fourth-order valence-electron chi connectivity index (χ4n) is 1.79. The van der Waals surface area contributed by atoms with E-state index in [2.05, 4.69) is 5.32 Å². The summed E-state index contributed by atoms with van der Waals surface area (Å²) in [7, 11) is 0. The second-order valence-electron chi connectivity index (χ2n) is 4.94. The van der Waals surface area contributed by atoms with E-state index in [9.17, 15) is 4.79 Å². The first-order valence-electron chi connectivity index (χ1n) is 6.78. The highest BCUT2D eigenvalue weighted by Gasteiger charge is 2.13. The molecule has 5 heteroatoms. The van der Waals surface area contributed by atoms with E-state index < -0.39 is 0 Å². The van der Waals surface area contributed by atoms with Crippen molar-refractivity contribution in [3.8, 4) is 5.75 Å². The Morgan fingerprint density at radius 3 is 2.70 bits per heavy atom. The number of thiocarbonyl (C=S) groups is 1. The van der Waals surface area contributed by atoms with Gasteiger partial charge in [-0.1, -0.05) is 25.2 Å². The zero-order valence-corrected chi connectivity index (χ0v) is 13.0. The first-order valence-corrected chi connectivity index (χ1v) is 7.19. The van der Waals surface area contributed by atoms with Gasteiger partial charge in [0.15, 0.2) is 0 Å². The fraction of sp³-hybridized carbons (Fsp3) is 0.467. The van der Waals surface area contributed by atoms with E-state index in [1.165, 1.54) is 0 Å². The summed E-state index contributed by atoms with van der Waals surface area (Å²) in [6, 6.07) is 7.11. The van der Waals surface area contributed by atoms with Crippen molar-refractivity contribution in [1.29, 1.82) is 0 Å². The van der Waals surface area contributed by atoms with Crippen LogP contribution in [0.4, 0.5) is 0 Å². The van der Waals surface area contributed by atoms with Gasteiger partial charge in [-0.3, -0.25) is 4.79 Å². The molecule has 0 heterocycles. The Morgan fingerprint density at radius 1 is 1.45 bits per heavy atom. The van der Waals surface area contributed by atoms with Gasteiger partial charge in [0.25, 0.3) is 5.91 Å². The summed E-state index contributed by atoms with van der Waals surface area (Å²) >= 11 is 4.88. The zero-order chi connectivity index (χ0) is 15.1. The normalized spacial score (nSPS) is 12.0. The Labute approximate surface area is 125 Å². The van der Waals surface area contributed by atoms with Crippen LogP contribution in [0.25, 0.3) is 0 Å². The fourth-order valence-corrected chi connectivity index (χ4v) is 1.99. The van der Waals surface area contributed by atoms with Gasteiger partial charge in [-0.15, -0.1) is 0 Å². The predicted molar refractivity (Wildman–Crippen MR) is 85.2 cm³/mol. The summed E-state index contributed by atoms with van der Waals surface area (Å²) in [5.74, 6) is 0.553. The van der Waals surface area contributed by atoms with Crippen LogP contribution in [-0.4, -0.2) is 23.0 Å². The molecule has 20 heavy (non-hydrogen) atoms. The van der Waals surface area contributed by atoms with Gasteiger partial charge < -0.3 is 15.8 Å². The first-order chi connectivity index (χ1) is 9.42. The van der Waals surface area contributed by atoms with Crippen LogP contribution in [0.1, 0.15) is 44.0 Å². The molecule has 0 aliphatic heterocycles. The van der Waals surface area contributed by atoms with Crippen LogP contribution >= 0.6 is 12.2 Å². The average Bonchev–Trinajstić information content (AvgIpc) is 2.36. The van der Waals surface area contributed by atoms with E-state index in [1.54, 1.807) is 18.2 Å². The Hall–Kier alpha value is -1.62. The van der Waals surface area contributed by atoms with Crippen LogP contribution in [0.15, 0.2) is 24.3 Å². The minimum Gasteiger partial charge on any atom is -0.491 e. The molecule has 3 N–H and O–H groups in total. The molecule has 0 saturated carbocycles. The van der Waals surface area contributed by atoms with Crippen molar-refractivity contribution in [1.82, 2.24) is 5.32 Å². The second-order valence-corrected chi connectivity index (χ2v) is 5.47. The summed E-state index contributed by atoms with van der Waals surface area (Å²) in [5, 5.41) is 2.93. The molecule has 0 saturated heterocycles. The number of carbonyl (C=O) groups is 1. The maximum Gasteiger partial charge on any atom is 0.251 e. The van der Waals surface area contributed by atoms with Crippen LogP contribution in [0.3, 0.4) is 0 Å². The maximum absolute atomic E-state index is 12.2. The van der Waals surface area contributed by atoms with Crippen molar-refractivity contribution in [3.63, 3.8) is 0 Å². The molecule has 4 nitrogen and oxygen atoms in total. The Bertz CT molecular complexity index is 475. The molecule has 1 rings (SSSR count). The molecule has 1 amide bonds. The lowest BCUT2D eigenvalue weighted by Gasteiger charge is -2.17. The summed E-state index contributed by atoms with van der Waals surface area (Å²) in [6.45, 7) is 5.88. The Kier molecular flexibility index (Phi) is 6.45. The third-order valence-corrected chi connectivity index (χ3v) is 2.91. The lowest BCUT2D eigenvalue weighted by atomic mass is 10.1. The first kappa shape index (κ1) is 16.4. The van der Waals surface area contributed by atoms with Crippen LogP contribution in [0.2, 0.25) is 0 Å². The highest BCUT2D eigenvalue weighted by atomic mass is 32.1. The van der Waals surface area contributed by atoms with Gasteiger partial charge in [0, 0.05) is 18.0 Å². The quantitative estimate of drug-likeness (QED) is 0.759. The number of nitrogens with two attached hydrogens (primary N) is 1. The molecule has 0 fully saturated rings. The Balaban J connectivity index is 2.73. The third-order valence-electron chi connectivity index (χ3n) is 2.74. The highest BCUT2D eigenvalue weighted by Crippen LogP contribution is 2.15. The average molecular weight is 294 g/mol. The molecule has 1 aromatic rings. The number of ether oxygens (including phenoxy) is 1. The third kappa shape index (κ3) is 5.57. The molecule has 1 aromatic carbocycles. The van der Waals surface area contributed by atoms with Gasteiger partial charge in [-0.25, -0.2) is 0 Å². The van der Waals surface area contributed by atoms with Crippen LogP contribution < -0.4 is 15.8 Å². The predicted octanol–water partition coefficient (Wildman–Crippen LogP) is 2.66. The maximum atomic E-state index is 12.2. The van der Waals surface area contributed by atoms with Gasteiger partial charge in [0.05, 0.1) is 11.1 Å². The van der Waals surface area contributed by atoms with E-state index in [-0.39, 0.29) is 18.1 Å². The molecule has 0 radical (unpaired) electrons. The minimum atomic E-state index is -0.137. The molecule has 0 aliphatic carbocycles. The van der Waals surface area contributed by atoms with E-state index in [4.69, 9.17) is 22.7 Å². The van der Waals surface area contributed by atoms with E-state index >= 15 is 0 Å². The van der Waals surface area contributed by atoms with Gasteiger partial charge in [-0.2, -0.15) is 0 Å². The van der Waals surface area contributed by atoms with Crippen LogP contribution in [-0.2, 0) is 0 Å². The summed E-state index contributed by atoms with van der Waals surface area (Å²) < 4.78 is 5.58. The number of amides is 1. The van der Waals surface area contributed by atoms with Crippen molar-refractivity contribution in [3.05, 3.63) is 29.8 Å². The minimum absolute atomic E-state index is 0.0327. The van der Waals surface area contributed by atoms with Crippen molar-refractivity contribution < 1.29 is 9.53 Å². The SMILES string of the molecule is CCC(CC(N)=S)NC(=O)c1cccc(OC(C)C)c1. The standard InChI is InChI=1S/C15H22N2O2S/c1-4-12(9-14(16)20)17-15(18)11-6-5-7-13(8-11)19-10(2)3/h5-8,10,12H,4,9H2,1-3H3,(H2,16,20)(H,17,18). The van der Waals surface area contributed by atoms with E-state index in [0.29, 0.717) is 22.7 Å². The van der Waals surface area contributed by atoms with Gasteiger partial charge in [0.1, 0.15) is 5.75 Å². The number of benzene rings is 1. The smallest absolute Gasteiger partial charge is 0.251 e. The number of hydrogen-bond donors (Lipinski definition) is 2. The lowest BCUT2D eigenvalue weighted by Crippen LogP contribution is -2.37. The largest absolute Gasteiger partial charge is 0.491 e. The van der Waals surface area contributed by atoms with Crippen LogP contribution in [0, 0.1) is 0 Å². The molecule has 110 valence electrons. The molecular weight excluding hydrogens is 272 g/mol. The molecule has 0 bridgehead atoms. The molecule has 1 atom stereocenters. The van der Waals surface area contributed by atoms with Crippen molar-refractivity contribution in [2.24, 2.45) is 5.73 Å². The monoisotopic (exact) mass is 294 g/mol. The van der Waals surface area contributed by atoms with Crippen LogP contribution in [0.5, 0.6) is 5.75 Å².